The zero-order valence-electron chi connectivity index (χ0n) is 9.59. The predicted molar refractivity (Wildman–Crippen MR) is 70.6 cm³/mol. The SMILES string of the molecule is Cc1ccc(Br)c(NCC(=O)NCCC#N)c1. The summed E-state index contributed by atoms with van der Waals surface area (Å²) in [5.41, 5.74) is 2.01. The lowest BCUT2D eigenvalue weighted by atomic mass is 10.2. The van der Waals surface area contributed by atoms with Crippen molar-refractivity contribution in [3.05, 3.63) is 28.2 Å². The molecule has 0 aliphatic carbocycles. The van der Waals surface area contributed by atoms with Crippen molar-refractivity contribution in [3.63, 3.8) is 0 Å². The van der Waals surface area contributed by atoms with Crippen molar-refractivity contribution in [1.82, 2.24) is 5.32 Å². The van der Waals surface area contributed by atoms with E-state index in [2.05, 4.69) is 26.6 Å². The lowest BCUT2D eigenvalue weighted by Crippen LogP contribution is -2.30. The highest BCUT2D eigenvalue weighted by Crippen LogP contribution is 2.22. The zero-order valence-corrected chi connectivity index (χ0v) is 11.2. The van der Waals surface area contributed by atoms with Crippen molar-refractivity contribution in [2.45, 2.75) is 13.3 Å². The Morgan fingerprint density at radius 1 is 1.53 bits per heavy atom. The highest BCUT2D eigenvalue weighted by molar-refractivity contribution is 9.10. The maximum absolute atomic E-state index is 11.4. The number of aryl methyl sites for hydroxylation is 1. The molecular formula is C12H14BrN3O. The number of anilines is 1. The van der Waals surface area contributed by atoms with E-state index in [9.17, 15) is 4.79 Å². The molecule has 0 saturated carbocycles. The van der Waals surface area contributed by atoms with E-state index in [0.717, 1.165) is 15.7 Å². The van der Waals surface area contributed by atoms with E-state index in [1.807, 2.05) is 31.2 Å². The molecule has 1 rings (SSSR count). The summed E-state index contributed by atoms with van der Waals surface area (Å²) < 4.78 is 0.924. The molecule has 1 amide bonds. The van der Waals surface area contributed by atoms with Crippen molar-refractivity contribution in [2.75, 3.05) is 18.4 Å². The second kappa shape index (κ2) is 6.92. The van der Waals surface area contributed by atoms with Crippen LogP contribution in [0.4, 0.5) is 5.69 Å². The molecule has 0 aliphatic rings. The Morgan fingerprint density at radius 2 is 2.29 bits per heavy atom. The number of hydrogen-bond acceptors (Lipinski definition) is 3. The largest absolute Gasteiger partial charge is 0.375 e. The van der Waals surface area contributed by atoms with E-state index in [1.165, 1.54) is 0 Å². The number of nitriles is 1. The number of halogens is 1. The number of carbonyl (C=O) groups excluding carboxylic acids is 1. The molecule has 0 radical (unpaired) electrons. The van der Waals surface area contributed by atoms with Crippen LogP contribution in [0, 0.1) is 18.3 Å². The van der Waals surface area contributed by atoms with Gasteiger partial charge in [0.25, 0.3) is 0 Å². The number of amides is 1. The van der Waals surface area contributed by atoms with Gasteiger partial charge in [0.05, 0.1) is 19.0 Å². The predicted octanol–water partition coefficient (Wildman–Crippen LogP) is 2.20. The van der Waals surface area contributed by atoms with Crippen LogP contribution in [-0.4, -0.2) is 19.0 Å². The number of hydrogen-bond donors (Lipinski definition) is 2. The van der Waals surface area contributed by atoms with Crippen LogP contribution in [0.25, 0.3) is 0 Å². The fourth-order valence-corrected chi connectivity index (χ4v) is 1.66. The minimum absolute atomic E-state index is 0.117. The molecule has 17 heavy (non-hydrogen) atoms. The fourth-order valence-electron chi connectivity index (χ4n) is 1.27. The lowest BCUT2D eigenvalue weighted by molar-refractivity contribution is -0.119. The van der Waals surface area contributed by atoms with Crippen LogP contribution in [-0.2, 0) is 4.79 Å². The summed E-state index contributed by atoms with van der Waals surface area (Å²) in [6.07, 6.45) is 0.333. The molecule has 4 nitrogen and oxygen atoms in total. The molecule has 90 valence electrons. The number of nitrogens with one attached hydrogen (secondary N) is 2. The first kappa shape index (κ1) is 13.5. The molecular weight excluding hydrogens is 282 g/mol. The Morgan fingerprint density at radius 3 is 3.00 bits per heavy atom. The number of rotatable bonds is 5. The van der Waals surface area contributed by atoms with Gasteiger partial charge in [0, 0.05) is 16.7 Å². The van der Waals surface area contributed by atoms with Crippen LogP contribution >= 0.6 is 15.9 Å². The minimum Gasteiger partial charge on any atom is -0.375 e. The first-order chi connectivity index (χ1) is 8.13. The molecule has 5 heteroatoms. The molecule has 0 fully saturated rings. The summed E-state index contributed by atoms with van der Waals surface area (Å²) >= 11 is 3.41. The van der Waals surface area contributed by atoms with Crippen molar-refractivity contribution >= 4 is 27.5 Å². The average molecular weight is 296 g/mol. The van der Waals surface area contributed by atoms with Gasteiger partial charge < -0.3 is 10.6 Å². The summed E-state index contributed by atoms with van der Waals surface area (Å²) in [6.45, 7) is 2.59. The molecule has 0 bridgehead atoms. The van der Waals surface area contributed by atoms with Crippen LogP contribution in [0.15, 0.2) is 22.7 Å². The van der Waals surface area contributed by atoms with Gasteiger partial charge >= 0.3 is 0 Å². The van der Waals surface area contributed by atoms with Crippen molar-refractivity contribution in [2.24, 2.45) is 0 Å². The number of carbonyl (C=O) groups is 1. The molecule has 1 aromatic carbocycles. The first-order valence-corrected chi connectivity index (χ1v) is 6.06. The molecule has 0 aromatic heterocycles. The fraction of sp³-hybridized carbons (Fsp3) is 0.333. The van der Waals surface area contributed by atoms with Gasteiger partial charge in [-0.2, -0.15) is 5.26 Å². The molecule has 1 aromatic rings. The third-order valence-corrected chi connectivity index (χ3v) is 2.81. The smallest absolute Gasteiger partial charge is 0.239 e. The summed E-state index contributed by atoms with van der Waals surface area (Å²) in [7, 11) is 0. The quantitative estimate of drug-likeness (QED) is 0.819. The van der Waals surface area contributed by atoms with Crippen LogP contribution in [0.1, 0.15) is 12.0 Å². The zero-order chi connectivity index (χ0) is 12.7. The van der Waals surface area contributed by atoms with Crippen LogP contribution in [0.2, 0.25) is 0 Å². The van der Waals surface area contributed by atoms with Gasteiger partial charge in [-0.1, -0.05) is 6.07 Å². The van der Waals surface area contributed by atoms with Crippen LogP contribution < -0.4 is 10.6 Å². The van der Waals surface area contributed by atoms with Gasteiger partial charge in [-0.15, -0.1) is 0 Å². The van der Waals surface area contributed by atoms with Gasteiger partial charge in [0.1, 0.15) is 0 Å². The number of nitrogens with zero attached hydrogens (tertiary/aromatic N) is 1. The molecule has 0 heterocycles. The second-order valence-electron chi connectivity index (χ2n) is 3.59. The molecule has 0 spiro atoms. The Bertz CT molecular complexity index is 440. The van der Waals surface area contributed by atoms with E-state index < -0.39 is 0 Å². The highest BCUT2D eigenvalue weighted by Gasteiger charge is 2.03. The Kier molecular flexibility index (Phi) is 5.50. The van der Waals surface area contributed by atoms with Crippen molar-refractivity contribution in [1.29, 1.82) is 5.26 Å². The lowest BCUT2D eigenvalue weighted by Gasteiger charge is -2.09. The van der Waals surface area contributed by atoms with E-state index in [-0.39, 0.29) is 12.5 Å². The Balaban J connectivity index is 2.42. The summed E-state index contributed by atoms with van der Waals surface area (Å²) in [5, 5.41) is 14.0. The minimum atomic E-state index is -0.117. The van der Waals surface area contributed by atoms with Crippen LogP contribution in [0.5, 0.6) is 0 Å². The summed E-state index contributed by atoms with van der Waals surface area (Å²) in [5.74, 6) is -0.117. The average Bonchev–Trinajstić information content (AvgIpc) is 2.31. The van der Waals surface area contributed by atoms with Crippen molar-refractivity contribution in [3.8, 4) is 6.07 Å². The second-order valence-corrected chi connectivity index (χ2v) is 4.45. The van der Waals surface area contributed by atoms with E-state index in [0.29, 0.717) is 13.0 Å². The van der Waals surface area contributed by atoms with Gasteiger partial charge in [-0.3, -0.25) is 4.79 Å². The van der Waals surface area contributed by atoms with Crippen LogP contribution in [0.3, 0.4) is 0 Å². The topological polar surface area (TPSA) is 64.9 Å². The molecule has 0 aliphatic heterocycles. The maximum Gasteiger partial charge on any atom is 0.239 e. The monoisotopic (exact) mass is 295 g/mol. The Hall–Kier alpha value is -1.54. The third kappa shape index (κ3) is 4.87. The normalized spacial score (nSPS) is 9.47. The Labute approximate surface area is 109 Å². The first-order valence-electron chi connectivity index (χ1n) is 5.27. The van der Waals surface area contributed by atoms with Gasteiger partial charge in [-0.05, 0) is 40.5 Å². The van der Waals surface area contributed by atoms with E-state index in [4.69, 9.17) is 5.26 Å². The highest BCUT2D eigenvalue weighted by atomic mass is 79.9. The molecule has 0 saturated heterocycles. The third-order valence-electron chi connectivity index (χ3n) is 2.12. The number of benzene rings is 1. The van der Waals surface area contributed by atoms with Gasteiger partial charge in [0.15, 0.2) is 0 Å². The van der Waals surface area contributed by atoms with Gasteiger partial charge in [0.2, 0.25) is 5.91 Å². The summed E-state index contributed by atoms with van der Waals surface area (Å²) in [4.78, 5) is 11.4. The van der Waals surface area contributed by atoms with E-state index in [1.54, 1.807) is 0 Å². The molecule has 2 N–H and O–H groups in total. The standard InChI is InChI=1S/C12H14BrN3O/c1-9-3-4-10(13)11(7-9)16-8-12(17)15-6-2-5-14/h3-4,7,16H,2,6,8H2,1H3,(H,15,17). The maximum atomic E-state index is 11.4. The summed E-state index contributed by atoms with van der Waals surface area (Å²) in [6, 6.07) is 7.86. The van der Waals surface area contributed by atoms with E-state index >= 15 is 0 Å². The van der Waals surface area contributed by atoms with Crippen molar-refractivity contribution < 1.29 is 4.79 Å². The van der Waals surface area contributed by atoms with Gasteiger partial charge in [-0.25, -0.2) is 0 Å². The molecule has 0 atom stereocenters. The molecule has 0 unspecified atom stereocenters.